The average molecular weight is 137 g/mol. The van der Waals surface area contributed by atoms with Gasteiger partial charge in [-0.25, -0.2) is 8.42 Å². The molecule has 0 aliphatic heterocycles. The Hall–Kier alpha value is 1.13. The van der Waals surface area contributed by atoms with E-state index in [9.17, 15) is 0 Å². The van der Waals surface area contributed by atoms with Gasteiger partial charge in [0.2, 0.25) is 10.4 Å². The molecular weight excluding hydrogens is 136 g/mol. The van der Waals surface area contributed by atoms with Crippen LogP contribution < -0.4 is 0 Å². The van der Waals surface area contributed by atoms with Gasteiger partial charge in [0.05, 0.1) is 0 Å². The molecule has 33 valence electrons. The van der Waals surface area contributed by atoms with Crippen LogP contribution in [0.1, 0.15) is 0 Å². The second-order valence-electron chi connectivity index (χ2n) is 0.428. The second-order valence-corrected chi connectivity index (χ2v) is 1.28. The van der Waals surface area contributed by atoms with Crippen molar-refractivity contribution in [3.05, 3.63) is 0 Å². The Morgan fingerprint density at radius 1 is 1.50 bits per heavy atom. The van der Waals surface area contributed by atoms with Crippen LogP contribution in [0, 0.1) is 0 Å². The van der Waals surface area contributed by atoms with Crippen molar-refractivity contribution in [2.75, 3.05) is 0 Å². The second kappa shape index (κ2) is 3.17. The van der Waals surface area contributed by atoms with Crippen molar-refractivity contribution >= 4 is 48.1 Å². The van der Waals surface area contributed by atoms with Crippen molar-refractivity contribution in [1.82, 2.24) is 0 Å². The largest absolute Gasteiger partial charge is 1.00 e. The molecule has 0 spiro atoms. The molecule has 0 rings (SSSR count). The SMILES string of the molecule is O=S(=O)([O-])O.[Ca+]. The average Bonchev–Trinajstić information content (AvgIpc) is 0.722. The summed E-state index contributed by atoms with van der Waals surface area (Å²) in [5, 5.41) is 0. The summed E-state index contributed by atoms with van der Waals surface area (Å²) in [6.07, 6.45) is 0. The van der Waals surface area contributed by atoms with Crippen LogP contribution in [0.25, 0.3) is 0 Å². The van der Waals surface area contributed by atoms with Gasteiger partial charge in [0, 0.05) is 0 Å². The van der Waals surface area contributed by atoms with E-state index in [4.69, 9.17) is 17.5 Å². The van der Waals surface area contributed by atoms with Gasteiger partial charge in [-0.3, -0.25) is 4.55 Å². The van der Waals surface area contributed by atoms with Crippen molar-refractivity contribution in [3.63, 3.8) is 0 Å². The van der Waals surface area contributed by atoms with Gasteiger partial charge in [-0.15, -0.1) is 0 Å². The fourth-order valence-corrected chi connectivity index (χ4v) is 0. The van der Waals surface area contributed by atoms with Gasteiger partial charge in [0.15, 0.2) is 0 Å². The van der Waals surface area contributed by atoms with E-state index in [-0.39, 0.29) is 37.7 Å². The standard InChI is InChI=1S/Ca.H2O4S/c;1-5(2,3)4/h;(H2,1,2,3,4)/q+1;/p-1. The first kappa shape index (κ1) is 10.2. The third-order valence-electron chi connectivity index (χ3n) is 0. The minimum absolute atomic E-state index is 0. The van der Waals surface area contributed by atoms with E-state index in [1.807, 2.05) is 0 Å². The topological polar surface area (TPSA) is 77.4 Å². The molecule has 0 saturated carbocycles. The Bertz CT molecular complexity index is 90.7. The van der Waals surface area contributed by atoms with Gasteiger partial charge in [-0.1, -0.05) is 0 Å². The molecule has 0 unspecified atom stereocenters. The van der Waals surface area contributed by atoms with Gasteiger partial charge >= 0.3 is 37.7 Å². The zero-order chi connectivity index (χ0) is 4.50. The predicted molar refractivity (Wildman–Crippen MR) is 18.1 cm³/mol. The van der Waals surface area contributed by atoms with Gasteiger partial charge in [-0.05, 0) is 0 Å². The van der Waals surface area contributed by atoms with E-state index < -0.39 is 10.4 Å². The van der Waals surface area contributed by atoms with Crippen LogP contribution in [-0.4, -0.2) is 55.3 Å². The molecule has 6 heteroatoms. The molecule has 0 aromatic heterocycles. The molecular formula is HCaO4S. The molecule has 0 amide bonds. The summed E-state index contributed by atoms with van der Waals surface area (Å²) in [5.74, 6) is 0. The van der Waals surface area contributed by atoms with Crippen molar-refractivity contribution in [2.45, 2.75) is 0 Å². The maximum absolute atomic E-state index is 8.63. The van der Waals surface area contributed by atoms with Crippen molar-refractivity contribution < 1.29 is 17.5 Å². The normalized spacial score (nSPS) is 9.67. The number of hydrogen-bond donors (Lipinski definition) is 1. The number of rotatable bonds is 0. The van der Waals surface area contributed by atoms with Gasteiger partial charge in [-0.2, -0.15) is 0 Å². The monoisotopic (exact) mass is 137 g/mol. The summed E-state index contributed by atoms with van der Waals surface area (Å²) in [5.41, 5.74) is 0. The molecule has 0 bridgehead atoms. The van der Waals surface area contributed by atoms with Crippen LogP contribution in [-0.2, 0) is 10.4 Å². The molecule has 4 nitrogen and oxygen atoms in total. The molecule has 0 aliphatic rings. The molecule has 0 aliphatic carbocycles. The van der Waals surface area contributed by atoms with Crippen LogP contribution in [0.3, 0.4) is 0 Å². The van der Waals surface area contributed by atoms with Crippen molar-refractivity contribution in [3.8, 4) is 0 Å². The van der Waals surface area contributed by atoms with E-state index in [1.54, 1.807) is 0 Å². The van der Waals surface area contributed by atoms with E-state index in [1.165, 1.54) is 0 Å². The molecule has 1 N–H and O–H groups in total. The minimum Gasteiger partial charge on any atom is -0.726 e. The maximum Gasteiger partial charge on any atom is 1.00 e. The Balaban J connectivity index is 0. The predicted octanol–water partition coefficient (Wildman–Crippen LogP) is -1.38. The molecule has 1 radical (unpaired) electrons. The van der Waals surface area contributed by atoms with E-state index >= 15 is 0 Å². The fourth-order valence-electron chi connectivity index (χ4n) is 0. The Kier molecular flexibility index (Phi) is 5.38. The first-order valence-corrected chi connectivity index (χ1v) is 2.05. The molecule has 6 heavy (non-hydrogen) atoms. The van der Waals surface area contributed by atoms with Gasteiger partial charge in [0.25, 0.3) is 0 Å². The van der Waals surface area contributed by atoms with E-state index in [0.717, 1.165) is 0 Å². The minimum atomic E-state index is -4.92. The molecule has 0 atom stereocenters. The molecule has 0 aromatic carbocycles. The third-order valence-corrected chi connectivity index (χ3v) is 0. The first-order chi connectivity index (χ1) is 2.00. The van der Waals surface area contributed by atoms with Crippen molar-refractivity contribution in [1.29, 1.82) is 0 Å². The molecule has 0 aromatic rings. The van der Waals surface area contributed by atoms with Crippen LogP contribution in [0.5, 0.6) is 0 Å². The molecule has 0 saturated heterocycles. The van der Waals surface area contributed by atoms with Crippen LogP contribution in [0.15, 0.2) is 0 Å². The fraction of sp³-hybridized carbons (Fsp3) is 0. The summed E-state index contributed by atoms with van der Waals surface area (Å²) < 4.78 is 32.8. The van der Waals surface area contributed by atoms with Gasteiger partial charge in [0.1, 0.15) is 0 Å². The summed E-state index contributed by atoms with van der Waals surface area (Å²) in [6.45, 7) is 0. The summed E-state index contributed by atoms with van der Waals surface area (Å²) >= 11 is 0. The van der Waals surface area contributed by atoms with E-state index in [2.05, 4.69) is 0 Å². The summed E-state index contributed by atoms with van der Waals surface area (Å²) in [7, 11) is -4.92. The maximum atomic E-state index is 8.63. The Morgan fingerprint density at radius 2 is 1.50 bits per heavy atom. The molecule has 0 fully saturated rings. The number of hydrogen-bond acceptors (Lipinski definition) is 3. The van der Waals surface area contributed by atoms with Gasteiger partial charge < -0.3 is 4.55 Å². The molecule has 0 heterocycles. The summed E-state index contributed by atoms with van der Waals surface area (Å²) in [6, 6.07) is 0. The van der Waals surface area contributed by atoms with Crippen LogP contribution >= 0.6 is 0 Å². The van der Waals surface area contributed by atoms with Crippen molar-refractivity contribution in [2.24, 2.45) is 0 Å². The third kappa shape index (κ3) is 68.5. The van der Waals surface area contributed by atoms with E-state index in [0.29, 0.717) is 0 Å². The Labute approximate surface area is 65.1 Å². The van der Waals surface area contributed by atoms with Crippen LogP contribution in [0.4, 0.5) is 0 Å². The summed E-state index contributed by atoms with van der Waals surface area (Å²) in [4.78, 5) is 0. The first-order valence-electron chi connectivity index (χ1n) is 0.683. The van der Waals surface area contributed by atoms with Crippen LogP contribution in [0.2, 0.25) is 0 Å². The zero-order valence-corrected chi connectivity index (χ0v) is 5.81. The Morgan fingerprint density at radius 3 is 1.50 bits per heavy atom. The smallest absolute Gasteiger partial charge is 0.726 e. The zero-order valence-electron chi connectivity index (χ0n) is 2.79. The quantitative estimate of drug-likeness (QED) is 0.254.